The molecule has 0 amide bonds. The second-order valence-corrected chi connectivity index (χ2v) is 8.61. The van der Waals surface area contributed by atoms with Gasteiger partial charge in [-0.3, -0.25) is 14.4 Å². The number of aromatic amines is 1. The van der Waals surface area contributed by atoms with E-state index in [1.807, 2.05) is 30.3 Å². The number of halogens is 1. The summed E-state index contributed by atoms with van der Waals surface area (Å²) < 4.78 is 30.4. The molecule has 146 valence electrons. The van der Waals surface area contributed by atoms with Crippen LogP contribution in [0, 0.1) is 4.77 Å². The lowest BCUT2D eigenvalue weighted by Crippen LogP contribution is -2.13. The molecule has 6 nitrogen and oxygen atoms in total. The molecule has 0 fully saturated rings. The second kappa shape index (κ2) is 7.82. The van der Waals surface area contributed by atoms with Crippen LogP contribution in [0.2, 0.25) is 5.02 Å². The summed E-state index contributed by atoms with van der Waals surface area (Å²) in [5.41, 5.74) is 1.73. The Kier molecular flexibility index (Phi) is 5.23. The molecule has 0 aliphatic heterocycles. The van der Waals surface area contributed by atoms with Crippen molar-refractivity contribution >= 4 is 39.5 Å². The molecule has 0 saturated heterocycles. The molecule has 0 atom stereocenters. The highest BCUT2D eigenvalue weighted by atomic mass is 35.5. The first-order chi connectivity index (χ1) is 14.0. The van der Waals surface area contributed by atoms with Gasteiger partial charge in [-0.2, -0.15) is 5.10 Å². The van der Waals surface area contributed by atoms with Crippen molar-refractivity contribution in [1.29, 1.82) is 0 Å². The molecule has 3 aromatic carbocycles. The van der Waals surface area contributed by atoms with Crippen LogP contribution in [0.1, 0.15) is 0 Å². The number of aromatic nitrogens is 3. The van der Waals surface area contributed by atoms with E-state index in [1.54, 1.807) is 47.0 Å². The van der Waals surface area contributed by atoms with Gasteiger partial charge in [0.15, 0.2) is 10.6 Å². The van der Waals surface area contributed by atoms with Crippen molar-refractivity contribution in [3.8, 4) is 17.1 Å². The number of hydrogen-bond donors (Lipinski definition) is 2. The molecule has 0 saturated carbocycles. The summed E-state index contributed by atoms with van der Waals surface area (Å²) >= 11 is 11.4. The minimum atomic E-state index is -3.84. The lowest BCUT2D eigenvalue weighted by molar-refractivity contribution is 0.601. The second-order valence-electron chi connectivity index (χ2n) is 6.14. The van der Waals surface area contributed by atoms with Crippen LogP contribution in [0.5, 0.6) is 0 Å². The van der Waals surface area contributed by atoms with Crippen LogP contribution in [0.3, 0.4) is 0 Å². The van der Waals surface area contributed by atoms with Gasteiger partial charge in [0.2, 0.25) is 0 Å². The Morgan fingerprint density at radius 1 is 0.966 bits per heavy atom. The van der Waals surface area contributed by atoms with Crippen LogP contribution in [0.15, 0.2) is 83.8 Å². The van der Waals surface area contributed by atoms with E-state index in [9.17, 15) is 8.42 Å². The van der Waals surface area contributed by atoms with Crippen molar-refractivity contribution in [3.63, 3.8) is 0 Å². The minimum Gasteiger partial charge on any atom is -0.278 e. The molecule has 29 heavy (non-hydrogen) atoms. The Morgan fingerprint density at radius 2 is 1.69 bits per heavy atom. The number of nitrogens with zero attached hydrogens (tertiary/aromatic N) is 2. The van der Waals surface area contributed by atoms with Crippen LogP contribution in [-0.4, -0.2) is 23.2 Å². The summed E-state index contributed by atoms with van der Waals surface area (Å²) in [5.74, 6) is 0.510. The van der Waals surface area contributed by atoms with Crippen LogP contribution in [-0.2, 0) is 10.0 Å². The van der Waals surface area contributed by atoms with Crippen molar-refractivity contribution in [3.05, 3.63) is 88.7 Å². The topological polar surface area (TPSA) is 79.8 Å². The van der Waals surface area contributed by atoms with Crippen LogP contribution in [0.4, 0.5) is 5.69 Å². The lowest BCUT2D eigenvalue weighted by Gasteiger charge is -2.11. The first kappa shape index (κ1) is 19.4. The smallest absolute Gasteiger partial charge is 0.261 e. The van der Waals surface area contributed by atoms with Crippen molar-refractivity contribution in [2.45, 2.75) is 4.90 Å². The van der Waals surface area contributed by atoms with E-state index in [0.717, 1.165) is 5.69 Å². The Balaban J connectivity index is 1.76. The van der Waals surface area contributed by atoms with Gasteiger partial charge in [0.25, 0.3) is 10.0 Å². The number of hydrogen-bond acceptors (Lipinski definition) is 4. The van der Waals surface area contributed by atoms with Crippen LogP contribution in [0.25, 0.3) is 17.1 Å². The molecule has 9 heteroatoms. The third-order valence-corrected chi connectivity index (χ3v) is 6.17. The van der Waals surface area contributed by atoms with Gasteiger partial charge in [0, 0.05) is 11.3 Å². The molecule has 0 unspecified atom stereocenters. The van der Waals surface area contributed by atoms with E-state index in [2.05, 4.69) is 14.9 Å². The highest BCUT2D eigenvalue weighted by Gasteiger charge is 2.18. The molecule has 4 rings (SSSR count). The predicted molar refractivity (Wildman–Crippen MR) is 116 cm³/mol. The fraction of sp³-hybridized carbons (Fsp3) is 0. The Morgan fingerprint density at radius 3 is 2.45 bits per heavy atom. The monoisotopic (exact) mass is 442 g/mol. The fourth-order valence-corrected chi connectivity index (χ4v) is 4.46. The molecule has 1 aromatic heterocycles. The van der Waals surface area contributed by atoms with Crippen molar-refractivity contribution in [2.24, 2.45) is 0 Å². The van der Waals surface area contributed by atoms with Crippen molar-refractivity contribution < 1.29 is 8.42 Å². The SMILES string of the molecule is O=S(=O)(Nc1ccccc1Cl)c1cccc(-c2n[nH]c(=S)n2-c2ccccc2)c1. The number of sulfonamides is 1. The maximum absolute atomic E-state index is 12.9. The third kappa shape index (κ3) is 3.95. The van der Waals surface area contributed by atoms with Crippen molar-refractivity contribution in [2.75, 3.05) is 4.72 Å². The van der Waals surface area contributed by atoms with Crippen LogP contribution < -0.4 is 4.72 Å². The molecule has 2 N–H and O–H groups in total. The average Bonchev–Trinajstić information content (AvgIpc) is 3.12. The number of para-hydroxylation sites is 2. The molecular weight excluding hydrogens is 428 g/mol. The summed E-state index contributed by atoms with van der Waals surface area (Å²) in [6, 6.07) is 22.6. The van der Waals surface area contributed by atoms with Gasteiger partial charge in [-0.15, -0.1) is 0 Å². The predicted octanol–water partition coefficient (Wildman–Crippen LogP) is 5.05. The third-order valence-electron chi connectivity index (χ3n) is 4.21. The minimum absolute atomic E-state index is 0.0865. The molecule has 0 aliphatic rings. The summed E-state index contributed by atoms with van der Waals surface area (Å²) in [4.78, 5) is 0.0865. The highest BCUT2D eigenvalue weighted by molar-refractivity contribution is 7.92. The largest absolute Gasteiger partial charge is 0.278 e. The number of anilines is 1. The van der Waals surface area contributed by atoms with Crippen molar-refractivity contribution in [1.82, 2.24) is 14.8 Å². The van der Waals surface area contributed by atoms with Gasteiger partial charge in [0.05, 0.1) is 15.6 Å². The molecule has 0 spiro atoms. The quantitative estimate of drug-likeness (QED) is 0.424. The Hall–Kier alpha value is -2.94. The number of benzene rings is 3. The average molecular weight is 443 g/mol. The standard InChI is InChI=1S/C20H15ClN4O2S2/c21-17-11-4-5-12-18(17)24-29(26,27)16-10-6-7-14(13-16)19-22-23-20(28)25(19)15-8-2-1-3-9-15/h1-13,24H,(H,23,28). The highest BCUT2D eigenvalue weighted by Crippen LogP contribution is 2.27. The molecule has 4 aromatic rings. The van der Waals surface area contributed by atoms with Gasteiger partial charge >= 0.3 is 0 Å². The van der Waals surface area contributed by atoms with Gasteiger partial charge in [-0.1, -0.05) is 54.1 Å². The summed E-state index contributed by atoms with van der Waals surface area (Å²) in [6.45, 7) is 0. The zero-order valence-corrected chi connectivity index (χ0v) is 17.3. The number of H-pyrrole nitrogens is 1. The summed E-state index contributed by atoms with van der Waals surface area (Å²) in [7, 11) is -3.84. The van der Waals surface area contributed by atoms with E-state index in [-0.39, 0.29) is 4.90 Å². The van der Waals surface area contributed by atoms with Gasteiger partial charge < -0.3 is 0 Å². The zero-order valence-electron chi connectivity index (χ0n) is 14.9. The summed E-state index contributed by atoms with van der Waals surface area (Å²) in [5, 5.41) is 7.38. The maximum atomic E-state index is 12.9. The normalized spacial score (nSPS) is 11.3. The van der Waals surface area contributed by atoms with E-state index in [4.69, 9.17) is 23.8 Å². The van der Waals surface area contributed by atoms with Gasteiger partial charge in [-0.05, 0) is 48.6 Å². The molecule has 0 aliphatic carbocycles. The van der Waals surface area contributed by atoms with E-state index >= 15 is 0 Å². The van der Waals surface area contributed by atoms with Gasteiger partial charge in [-0.25, -0.2) is 8.42 Å². The number of rotatable bonds is 5. The van der Waals surface area contributed by atoms with E-state index in [1.165, 1.54) is 6.07 Å². The van der Waals surface area contributed by atoms with E-state index in [0.29, 0.717) is 26.9 Å². The lowest BCUT2D eigenvalue weighted by atomic mass is 10.2. The maximum Gasteiger partial charge on any atom is 0.261 e. The fourth-order valence-electron chi connectivity index (χ4n) is 2.86. The Bertz CT molecular complexity index is 1330. The molecule has 0 bridgehead atoms. The van der Waals surface area contributed by atoms with E-state index < -0.39 is 10.0 Å². The van der Waals surface area contributed by atoms with Gasteiger partial charge in [0.1, 0.15) is 0 Å². The zero-order chi connectivity index (χ0) is 20.4. The molecule has 1 heterocycles. The number of nitrogens with one attached hydrogen (secondary N) is 2. The Labute approximate surface area is 177 Å². The van der Waals surface area contributed by atoms with Crippen LogP contribution >= 0.6 is 23.8 Å². The first-order valence-corrected chi connectivity index (χ1v) is 10.8. The summed E-state index contributed by atoms with van der Waals surface area (Å²) in [6.07, 6.45) is 0. The molecular formula is C20H15ClN4O2S2. The molecule has 0 radical (unpaired) electrons. The first-order valence-electron chi connectivity index (χ1n) is 8.56.